The maximum atomic E-state index is 13.7. The molecule has 0 amide bonds. The third kappa shape index (κ3) is 2.85. The zero-order valence-corrected chi connectivity index (χ0v) is 11.3. The molecule has 6 nitrogen and oxygen atoms in total. The van der Waals surface area contributed by atoms with E-state index in [9.17, 15) is 4.39 Å². The van der Waals surface area contributed by atoms with Crippen LogP contribution in [0.1, 0.15) is 5.56 Å². The van der Waals surface area contributed by atoms with Crippen molar-refractivity contribution in [1.82, 2.24) is 14.8 Å². The topological polar surface area (TPSA) is 67.0 Å². The van der Waals surface area contributed by atoms with Crippen LogP contribution in [0.3, 0.4) is 0 Å². The lowest BCUT2D eigenvalue weighted by atomic mass is 10.1. The standard InChI is InChI=1S/C14H14FN5O/c15-13-2-1-3-14(12(13)6-16)19-4-5-21-11(7-19)8-20-10-17-9-18-20/h1-3,9-11H,4-5,7-8H2/t11-/m1/s1. The Morgan fingerprint density at radius 2 is 2.38 bits per heavy atom. The van der Waals surface area contributed by atoms with E-state index in [0.717, 1.165) is 0 Å². The van der Waals surface area contributed by atoms with Gasteiger partial charge in [0.15, 0.2) is 0 Å². The summed E-state index contributed by atoms with van der Waals surface area (Å²) in [5.41, 5.74) is 0.697. The van der Waals surface area contributed by atoms with Crippen molar-refractivity contribution in [2.24, 2.45) is 0 Å². The summed E-state index contributed by atoms with van der Waals surface area (Å²) in [5.74, 6) is -0.491. The normalized spacial score (nSPS) is 18.5. The van der Waals surface area contributed by atoms with Crippen LogP contribution >= 0.6 is 0 Å². The molecule has 1 aliphatic rings. The van der Waals surface area contributed by atoms with E-state index < -0.39 is 5.82 Å². The molecule has 108 valence electrons. The zero-order valence-electron chi connectivity index (χ0n) is 11.3. The first kappa shape index (κ1) is 13.5. The van der Waals surface area contributed by atoms with E-state index in [1.165, 1.54) is 12.4 Å². The number of aromatic nitrogens is 3. The number of hydrogen-bond acceptors (Lipinski definition) is 5. The number of morpholine rings is 1. The van der Waals surface area contributed by atoms with Crippen molar-refractivity contribution in [2.45, 2.75) is 12.6 Å². The molecule has 0 aliphatic carbocycles. The van der Waals surface area contributed by atoms with Crippen LogP contribution in [0.5, 0.6) is 0 Å². The van der Waals surface area contributed by atoms with Crippen molar-refractivity contribution < 1.29 is 9.13 Å². The van der Waals surface area contributed by atoms with Crippen molar-refractivity contribution in [3.05, 3.63) is 42.2 Å². The molecule has 1 saturated heterocycles. The first-order chi connectivity index (χ1) is 10.3. The van der Waals surface area contributed by atoms with Crippen LogP contribution in [0.4, 0.5) is 10.1 Å². The van der Waals surface area contributed by atoms with E-state index in [0.29, 0.717) is 31.9 Å². The maximum Gasteiger partial charge on any atom is 0.143 e. The van der Waals surface area contributed by atoms with E-state index in [1.54, 1.807) is 23.1 Å². The molecule has 0 spiro atoms. The average molecular weight is 287 g/mol. The monoisotopic (exact) mass is 287 g/mol. The maximum absolute atomic E-state index is 13.7. The highest BCUT2D eigenvalue weighted by atomic mass is 19.1. The Hall–Kier alpha value is -2.46. The largest absolute Gasteiger partial charge is 0.373 e. The highest BCUT2D eigenvalue weighted by Crippen LogP contribution is 2.24. The van der Waals surface area contributed by atoms with Crippen molar-refractivity contribution in [3.8, 4) is 6.07 Å². The van der Waals surface area contributed by atoms with Crippen LogP contribution in [0.25, 0.3) is 0 Å². The highest BCUT2D eigenvalue weighted by molar-refractivity contribution is 5.60. The molecule has 1 aromatic heterocycles. The summed E-state index contributed by atoms with van der Waals surface area (Å²) < 4.78 is 21.1. The second-order valence-corrected chi connectivity index (χ2v) is 4.80. The Bertz CT molecular complexity index is 652. The van der Waals surface area contributed by atoms with Crippen molar-refractivity contribution in [3.63, 3.8) is 0 Å². The fourth-order valence-electron chi connectivity index (χ4n) is 2.47. The summed E-state index contributed by atoms with van der Waals surface area (Å²) in [4.78, 5) is 5.87. The highest BCUT2D eigenvalue weighted by Gasteiger charge is 2.24. The van der Waals surface area contributed by atoms with Crippen molar-refractivity contribution in [1.29, 1.82) is 5.26 Å². The molecule has 21 heavy (non-hydrogen) atoms. The van der Waals surface area contributed by atoms with Gasteiger partial charge in [-0.2, -0.15) is 10.4 Å². The van der Waals surface area contributed by atoms with E-state index >= 15 is 0 Å². The minimum absolute atomic E-state index is 0.0738. The van der Waals surface area contributed by atoms with Gasteiger partial charge in [-0.15, -0.1) is 0 Å². The number of nitrogens with zero attached hydrogens (tertiary/aromatic N) is 5. The van der Waals surface area contributed by atoms with E-state index in [4.69, 9.17) is 10.00 Å². The second kappa shape index (κ2) is 5.89. The summed E-state index contributed by atoms with van der Waals surface area (Å²) in [6.07, 6.45) is 3.03. The summed E-state index contributed by atoms with van der Waals surface area (Å²) in [6, 6.07) is 6.62. The number of rotatable bonds is 3. The fourth-order valence-corrected chi connectivity index (χ4v) is 2.47. The average Bonchev–Trinajstić information content (AvgIpc) is 3.00. The van der Waals surface area contributed by atoms with Crippen LogP contribution in [-0.2, 0) is 11.3 Å². The Kier molecular flexibility index (Phi) is 3.79. The molecular formula is C14H14FN5O. The molecule has 2 aromatic rings. The van der Waals surface area contributed by atoms with Gasteiger partial charge in [0, 0.05) is 13.1 Å². The molecule has 1 atom stereocenters. The third-order valence-electron chi connectivity index (χ3n) is 3.44. The molecule has 0 radical (unpaired) electrons. The van der Waals surface area contributed by atoms with Gasteiger partial charge in [-0.25, -0.2) is 9.37 Å². The van der Waals surface area contributed by atoms with Gasteiger partial charge in [-0.05, 0) is 12.1 Å². The van der Waals surface area contributed by atoms with Crippen molar-refractivity contribution in [2.75, 3.05) is 24.6 Å². The number of anilines is 1. The molecule has 7 heteroatoms. The van der Waals surface area contributed by atoms with Gasteiger partial charge in [0.25, 0.3) is 0 Å². The number of nitriles is 1. The molecule has 1 aromatic carbocycles. The van der Waals surface area contributed by atoms with E-state index in [2.05, 4.69) is 10.1 Å². The van der Waals surface area contributed by atoms with Gasteiger partial charge < -0.3 is 9.64 Å². The molecule has 0 N–H and O–H groups in total. The Morgan fingerprint density at radius 1 is 1.48 bits per heavy atom. The predicted molar refractivity (Wildman–Crippen MR) is 73.1 cm³/mol. The number of ether oxygens (including phenoxy) is 1. The summed E-state index contributed by atoms with van der Waals surface area (Å²) in [6.45, 7) is 2.32. The van der Waals surface area contributed by atoms with Gasteiger partial charge in [-0.1, -0.05) is 6.07 Å². The van der Waals surface area contributed by atoms with Gasteiger partial charge in [0.2, 0.25) is 0 Å². The zero-order chi connectivity index (χ0) is 14.7. The lowest BCUT2D eigenvalue weighted by Gasteiger charge is -2.34. The van der Waals surface area contributed by atoms with Crippen LogP contribution in [0, 0.1) is 17.1 Å². The number of halogens is 1. The molecular weight excluding hydrogens is 273 g/mol. The first-order valence-electron chi connectivity index (χ1n) is 6.65. The third-order valence-corrected chi connectivity index (χ3v) is 3.44. The van der Waals surface area contributed by atoms with Crippen LogP contribution < -0.4 is 4.90 Å². The van der Waals surface area contributed by atoms with Crippen LogP contribution in [0.15, 0.2) is 30.9 Å². The summed E-state index contributed by atoms with van der Waals surface area (Å²) >= 11 is 0. The lowest BCUT2D eigenvalue weighted by molar-refractivity contribution is 0.0273. The molecule has 1 fully saturated rings. The summed E-state index contributed by atoms with van der Waals surface area (Å²) in [7, 11) is 0. The van der Waals surface area contributed by atoms with E-state index in [1.807, 2.05) is 11.0 Å². The van der Waals surface area contributed by atoms with Gasteiger partial charge in [0.1, 0.15) is 30.1 Å². The molecule has 2 heterocycles. The fraction of sp³-hybridized carbons (Fsp3) is 0.357. The van der Waals surface area contributed by atoms with Crippen LogP contribution in [0.2, 0.25) is 0 Å². The molecule has 3 rings (SSSR count). The quantitative estimate of drug-likeness (QED) is 0.848. The SMILES string of the molecule is N#Cc1c(F)cccc1N1CCO[C@@H](Cn2cncn2)C1. The molecule has 0 bridgehead atoms. The Labute approximate surface area is 121 Å². The first-order valence-corrected chi connectivity index (χ1v) is 6.65. The number of hydrogen-bond donors (Lipinski definition) is 0. The van der Waals surface area contributed by atoms with Gasteiger partial charge in [0.05, 0.1) is 24.9 Å². The minimum Gasteiger partial charge on any atom is -0.373 e. The number of benzene rings is 1. The smallest absolute Gasteiger partial charge is 0.143 e. The summed E-state index contributed by atoms with van der Waals surface area (Å²) in [5, 5.41) is 13.2. The second-order valence-electron chi connectivity index (χ2n) is 4.80. The lowest BCUT2D eigenvalue weighted by Crippen LogP contribution is -2.44. The minimum atomic E-state index is -0.491. The van der Waals surface area contributed by atoms with Gasteiger partial charge in [-0.3, -0.25) is 4.68 Å². The molecule has 0 saturated carbocycles. The molecule has 0 unspecified atom stereocenters. The Morgan fingerprint density at radius 3 is 3.14 bits per heavy atom. The van der Waals surface area contributed by atoms with E-state index in [-0.39, 0.29) is 11.7 Å². The molecule has 1 aliphatic heterocycles. The Balaban J connectivity index is 1.77. The predicted octanol–water partition coefficient (Wildman–Crippen LogP) is 1.19. The van der Waals surface area contributed by atoms with Gasteiger partial charge >= 0.3 is 0 Å². The van der Waals surface area contributed by atoms with Crippen LogP contribution in [-0.4, -0.2) is 40.6 Å². The van der Waals surface area contributed by atoms with Crippen molar-refractivity contribution >= 4 is 5.69 Å².